The zero-order chi connectivity index (χ0) is 17.2. The van der Waals surface area contributed by atoms with E-state index in [1.54, 1.807) is 19.0 Å². The normalized spacial score (nSPS) is 12.7. The number of carbonyl (C=O) groups excluding carboxylic acids is 1. The minimum Gasteiger partial charge on any atom is -0.357 e. The minimum absolute atomic E-state index is 0.112. The lowest BCUT2D eigenvalue weighted by molar-refractivity contribution is -0.128. The summed E-state index contributed by atoms with van der Waals surface area (Å²) in [6.07, 6.45) is 0.463. The molecule has 1 unspecified atom stereocenters. The molecule has 2 N–H and O–H groups in total. The molecular formula is C18H30N4O. The third-order valence-corrected chi connectivity index (χ3v) is 3.64. The quantitative estimate of drug-likeness (QED) is 0.598. The van der Waals surface area contributed by atoms with E-state index in [4.69, 9.17) is 0 Å². The topological polar surface area (TPSA) is 56.7 Å². The summed E-state index contributed by atoms with van der Waals surface area (Å²) >= 11 is 0. The molecule has 0 aliphatic heterocycles. The highest BCUT2D eigenvalue weighted by atomic mass is 16.2. The van der Waals surface area contributed by atoms with Crippen molar-refractivity contribution in [2.45, 2.75) is 33.1 Å². The molecule has 0 aromatic heterocycles. The van der Waals surface area contributed by atoms with Crippen molar-refractivity contribution in [3.05, 3.63) is 35.4 Å². The van der Waals surface area contributed by atoms with Crippen molar-refractivity contribution < 1.29 is 4.79 Å². The van der Waals surface area contributed by atoms with Crippen molar-refractivity contribution >= 4 is 11.9 Å². The SMILES string of the molecule is CCNC(=NCC(C)c1ccc(C)cc1)NCCC(=O)N(C)C. The third kappa shape index (κ3) is 7.17. The van der Waals surface area contributed by atoms with Gasteiger partial charge in [0.2, 0.25) is 5.91 Å². The predicted molar refractivity (Wildman–Crippen MR) is 96.9 cm³/mol. The Balaban J connectivity index is 2.53. The fourth-order valence-corrected chi connectivity index (χ4v) is 2.08. The number of rotatable bonds is 7. The molecule has 0 radical (unpaired) electrons. The van der Waals surface area contributed by atoms with E-state index in [1.165, 1.54) is 11.1 Å². The first-order valence-corrected chi connectivity index (χ1v) is 8.23. The van der Waals surface area contributed by atoms with Gasteiger partial charge in [0.25, 0.3) is 0 Å². The number of nitrogens with zero attached hydrogens (tertiary/aromatic N) is 2. The molecule has 0 aliphatic carbocycles. The van der Waals surface area contributed by atoms with Crippen LogP contribution < -0.4 is 10.6 Å². The zero-order valence-electron chi connectivity index (χ0n) is 15.0. The second-order valence-electron chi connectivity index (χ2n) is 6.00. The molecule has 0 saturated carbocycles. The van der Waals surface area contributed by atoms with E-state index in [9.17, 15) is 4.79 Å². The molecule has 1 atom stereocenters. The summed E-state index contributed by atoms with van der Waals surface area (Å²) in [5.74, 6) is 1.23. The molecule has 5 nitrogen and oxygen atoms in total. The number of hydrogen-bond acceptors (Lipinski definition) is 2. The molecule has 1 aromatic carbocycles. The Bertz CT molecular complexity index is 508. The molecule has 0 spiro atoms. The van der Waals surface area contributed by atoms with E-state index < -0.39 is 0 Å². The van der Waals surface area contributed by atoms with Crippen molar-refractivity contribution in [3.63, 3.8) is 0 Å². The molecule has 0 saturated heterocycles. The van der Waals surface area contributed by atoms with E-state index >= 15 is 0 Å². The largest absolute Gasteiger partial charge is 0.357 e. The average Bonchev–Trinajstić information content (AvgIpc) is 2.52. The smallest absolute Gasteiger partial charge is 0.223 e. The van der Waals surface area contributed by atoms with Crippen LogP contribution >= 0.6 is 0 Å². The zero-order valence-corrected chi connectivity index (χ0v) is 15.0. The van der Waals surface area contributed by atoms with Crippen LogP contribution in [0.25, 0.3) is 0 Å². The van der Waals surface area contributed by atoms with Crippen LogP contribution in [0.1, 0.15) is 37.3 Å². The number of hydrogen-bond donors (Lipinski definition) is 2. The number of amides is 1. The maximum absolute atomic E-state index is 11.6. The maximum atomic E-state index is 11.6. The summed E-state index contributed by atoms with van der Waals surface area (Å²) in [5, 5.41) is 6.43. The Morgan fingerprint density at radius 1 is 1.22 bits per heavy atom. The first-order chi connectivity index (χ1) is 10.9. The number of benzene rings is 1. The number of nitrogens with one attached hydrogen (secondary N) is 2. The van der Waals surface area contributed by atoms with Crippen molar-refractivity contribution in [2.24, 2.45) is 4.99 Å². The summed E-state index contributed by atoms with van der Waals surface area (Å²) in [4.78, 5) is 17.8. The van der Waals surface area contributed by atoms with Crippen molar-refractivity contribution in [3.8, 4) is 0 Å². The van der Waals surface area contributed by atoms with Crippen LogP contribution in [-0.4, -0.2) is 50.5 Å². The summed E-state index contributed by atoms with van der Waals surface area (Å²) < 4.78 is 0. The Kier molecular flexibility index (Phi) is 8.16. The lowest BCUT2D eigenvalue weighted by Crippen LogP contribution is -2.39. The molecule has 128 valence electrons. The standard InChI is InChI=1S/C18H30N4O/c1-6-19-18(20-12-11-17(23)22(4)5)21-13-15(3)16-9-7-14(2)8-10-16/h7-10,15H,6,11-13H2,1-5H3,(H2,19,20,21). The fraction of sp³-hybridized carbons (Fsp3) is 0.556. The third-order valence-electron chi connectivity index (χ3n) is 3.64. The van der Waals surface area contributed by atoms with E-state index in [0.29, 0.717) is 25.4 Å². The van der Waals surface area contributed by atoms with Crippen LogP contribution in [0.4, 0.5) is 0 Å². The van der Waals surface area contributed by atoms with Gasteiger partial charge in [-0.1, -0.05) is 36.8 Å². The van der Waals surface area contributed by atoms with Crippen LogP contribution in [0.5, 0.6) is 0 Å². The van der Waals surface area contributed by atoms with Gasteiger partial charge in [-0.05, 0) is 19.4 Å². The summed E-state index contributed by atoms with van der Waals surface area (Å²) in [5.41, 5.74) is 2.56. The molecule has 0 heterocycles. The van der Waals surface area contributed by atoms with E-state index in [0.717, 1.165) is 12.5 Å². The molecule has 0 aliphatic rings. The monoisotopic (exact) mass is 318 g/mol. The lowest BCUT2D eigenvalue weighted by Gasteiger charge is -2.15. The van der Waals surface area contributed by atoms with Gasteiger partial charge in [-0.25, -0.2) is 0 Å². The highest BCUT2D eigenvalue weighted by Gasteiger charge is 2.07. The van der Waals surface area contributed by atoms with E-state index in [1.807, 2.05) is 6.92 Å². The van der Waals surface area contributed by atoms with Crippen LogP contribution in [0.2, 0.25) is 0 Å². The van der Waals surface area contributed by atoms with Crippen molar-refractivity contribution in [1.29, 1.82) is 0 Å². The van der Waals surface area contributed by atoms with Crippen LogP contribution in [-0.2, 0) is 4.79 Å². The van der Waals surface area contributed by atoms with Crippen molar-refractivity contribution in [2.75, 3.05) is 33.7 Å². The number of aryl methyl sites for hydroxylation is 1. The van der Waals surface area contributed by atoms with Gasteiger partial charge >= 0.3 is 0 Å². The first-order valence-electron chi connectivity index (χ1n) is 8.23. The Morgan fingerprint density at radius 2 is 1.87 bits per heavy atom. The molecule has 1 rings (SSSR count). The van der Waals surface area contributed by atoms with E-state index in [2.05, 4.69) is 53.7 Å². The highest BCUT2D eigenvalue weighted by Crippen LogP contribution is 2.15. The summed E-state index contributed by atoms with van der Waals surface area (Å²) in [6, 6.07) is 8.58. The average molecular weight is 318 g/mol. The highest BCUT2D eigenvalue weighted by molar-refractivity contribution is 5.81. The van der Waals surface area contributed by atoms with Gasteiger partial charge in [-0.2, -0.15) is 0 Å². The Morgan fingerprint density at radius 3 is 2.43 bits per heavy atom. The van der Waals surface area contributed by atoms with Gasteiger partial charge in [0.05, 0.1) is 0 Å². The molecular weight excluding hydrogens is 288 g/mol. The lowest BCUT2D eigenvalue weighted by atomic mass is 10.0. The summed E-state index contributed by atoms with van der Waals surface area (Å²) in [6.45, 7) is 8.39. The van der Waals surface area contributed by atoms with Crippen LogP contribution in [0.15, 0.2) is 29.3 Å². The molecule has 1 aromatic rings. The maximum Gasteiger partial charge on any atom is 0.223 e. The van der Waals surface area contributed by atoms with Gasteiger partial charge in [0, 0.05) is 46.1 Å². The minimum atomic E-state index is 0.112. The van der Waals surface area contributed by atoms with Gasteiger partial charge in [0.15, 0.2) is 5.96 Å². The van der Waals surface area contributed by atoms with Gasteiger partial charge in [0.1, 0.15) is 0 Å². The van der Waals surface area contributed by atoms with Gasteiger partial charge in [-0.3, -0.25) is 9.79 Å². The predicted octanol–water partition coefficient (Wildman–Crippen LogP) is 2.13. The van der Waals surface area contributed by atoms with E-state index in [-0.39, 0.29) is 5.91 Å². The van der Waals surface area contributed by atoms with Gasteiger partial charge in [-0.15, -0.1) is 0 Å². The van der Waals surface area contributed by atoms with Crippen LogP contribution in [0.3, 0.4) is 0 Å². The molecule has 1 amide bonds. The molecule has 23 heavy (non-hydrogen) atoms. The van der Waals surface area contributed by atoms with Gasteiger partial charge < -0.3 is 15.5 Å². The Labute approximate surface area is 140 Å². The Hall–Kier alpha value is -2.04. The molecule has 0 fully saturated rings. The number of carbonyl (C=O) groups is 1. The number of guanidine groups is 1. The van der Waals surface area contributed by atoms with Crippen LogP contribution in [0, 0.1) is 6.92 Å². The first kappa shape index (κ1) is 19.0. The van der Waals surface area contributed by atoms with Crippen molar-refractivity contribution in [1.82, 2.24) is 15.5 Å². The number of aliphatic imine (C=N–C) groups is 1. The summed E-state index contributed by atoms with van der Waals surface area (Å²) in [7, 11) is 3.54. The second-order valence-corrected chi connectivity index (χ2v) is 6.00. The second kappa shape index (κ2) is 9.87. The fourth-order valence-electron chi connectivity index (χ4n) is 2.08. The molecule has 5 heteroatoms. The molecule has 0 bridgehead atoms.